The third kappa shape index (κ3) is 4.31. The van der Waals surface area contributed by atoms with Crippen molar-refractivity contribution in [2.45, 2.75) is 45.3 Å². The topological polar surface area (TPSA) is 65.0 Å². The van der Waals surface area contributed by atoms with Gasteiger partial charge in [-0.15, -0.1) is 0 Å². The number of piperazine rings is 1. The van der Waals surface area contributed by atoms with Crippen molar-refractivity contribution in [3.63, 3.8) is 0 Å². The number of carbonyl (C=O) groups excluding carboxylic acids is 2. The van der Waals surface area contributed by atoms with Crippen LogP contribution >= 0.6 is 35.0 Å². The molecular formula is C27H28Cl2N4O2S. The molecule has 36 heavy (non-hydrogen) atoms. The molecule has 3 heterocycles. The Morgan fingerprint density at radius 3 is 2.31 bits per heavy atom. The fourth-order valence-electron chi connectivity index (χ4n) is 5.30. The average Bonchev–Trinajstić information content (AvgIpc) is 3.31. The number of aliphatic imine (C=N–C) groups is 1. The Bertz CT molecular complexity index is 1280. The number of thioether (sulfide) groups is 1. The van der Waals surface area contributed by atoms with Crippen molar-refractivity contribution in [1.29, 1.82) is 0 Å². The first kappa shape index (κ1) is 25.2. The summed E-state index contributed by atoms with van der Waals surface area (Å²) >= 11 is 13.8. The van der Waals surface area contributed by atoms with Crippen LogP contribution in [0.1, 0.15) is 44.9 Å². The van der Waals surface area contributed by atoms with E-state index in [-0.39, 0.29) is 36.4 Å². The van der Waals surface area contributed by atoms with Gasteiger partial charge in [0.05, 0.1) is 12.6 Å². The normalized spacial score (nSPS) is 25.9. The molecule has 2 amide bonds. The maximum Gasteiger partial charge on any atom is 0.263 e. The summed E-state index contributed by atoms with van der Waals surface area (Å²) in [7, 11) is 0. The number of hydrogen-bond donors (Lipinski definition) is 1. The van der Waals surface area contributed by atoms with Crippen molar-refractivity contribution < 1.29 is 9.59 Å². The summed E-state index contributed by atoms with van der Waals surface area (Å²) in [5.74, 6) is -0.197. The Hall–Kier alpha value is -2.48. The lowest BCUT2D eigenvalue weighted by Crippen LogP contribution is -2.54. The molecular weight excluding hydrogens is 515 g/mol. The molecule has 2 aromatic carbocycles. The lowest BCUT2D eigenvalue weighted by atomic mass is 9.81. The third-order valence-corrected chi connectivity index (χ3v) is 8.45. The van der Waals surface area contributed by atoms with Gasteiger partial charge in [0, 0.05) is 28.3 Å². The number of carbonyl (C=O) groups is 2. The van der Waals surface area contributed by atoms with Gasteiger partial charge in [0.2, 0.25) is 5.91 Å². The van der Waals surface area contributed by atoms with Gasteiger partial charge >= 0.3 is 0 Å². The maximum absolute atomic E-state index is 13.7. The van der Waals surface area contributed by atoms with Crippen LogP contribution in [-0.4, -0.2) is 45.9 Å². The number of allylic oxidation sites excluding steroid dienone is 1. The predicted molar refractivity (Wildman–Crippen MR) is 146 cm³/mol. The second-order valence-electron chi connectivity index (χ2n) is 10.00. The van der Waals surface area contributed by atoms with Gasteiger partial charge in [0.1, 0.15) is 10.4 Å². The molecule has 5 rings (SSSR count). The van der Waals surface area contributed by atoms with E-state index in [0.717, 1.165) is 22.0 Å². The number of rotatable bonds is 4. The average molecular weight is 544 g/mol. The van der Waals surface area contributed by atoms with Gasteiger partial charge < -0.3 is 15.1 Å². The Morgan fingerprint density at radius 1 is 1.11 bits per heavy atom. The Labute approximate surface area is 225 Å². The van der Waals surface area contributed by atoms with Crippen molar-refractivity contribution in [2.24, 2.45) is 10.9 Å². The molecule has 9 heteroatoms. The van der Waals surface area contributed by atoms with Gasteiger partial charge in [-0.1, -0.05) is 61.3 Å². The highest BCUT2D eigenvalue weighted by Crippen LogP contribution is 2.56. The number of amidine groups is 1. The third-order valence-electron chi connectivity index (χ3n) is 6.89. The summed E-state index contributed by atoms with van der Waals surface area (Å²) < 4.78 is 0. The van der Waals surface area contributed by atoms with Crippen molar-refractivity contribution in [1.82, 2.24) is 15.1 Å². The summed E-state index contributed by atoms with van der Waals surface area (Å²) in [6.07, 6.45) is 0. The molecule has 1 fully saturated rings. The molecule has 0 aliphatic carbocycles. The van der Waals surface area contributed by atoms with Crippen molar-refractivity contribution in [3.05, 3.63) is 80.3 Å². The highest BCUT2D eigenvalue weighted by Gasteiger charge is 2.53. The number of nitrogens with one attached hydrogen (secondary N) is 1. The number of fused-ring (bicyclic) bond motifs is 1. The van der Waals surface area contributed by atoms with Crippen LogP contribution in [0.2, 0.25) is 10.0 Å². The van der Waals surface area contributed by atoms with E-state index in [9.17, 15) is 9.59 Å². The van der Waals surface area contributed by atoms with Gasteiger partial charge in [-0.2, -0.15) is 0 Å². The Balaban J connectivity index is 1.62. The SMILES string of the molecule is CC(C)C1=C(C(=O)N2CC(=O)N[C@@H](C)C2)SC2=N[C@@](C)(c3ccc(Cl)cc3)[C@@H](c3ccc(Cl)cc3)N21. The van der Waals surface area contributed by atoms with Gasteiger partial charge in [-0.05, 0) is 66.9 Å². The Kier molecular flexibility index (Phi) is 6.60. The van der Waals surface area contributed by atoms with Crippen LogP contribution in [0.5, 0.6) is 0 Å². The molecule has 3 aliphatic heterocycles. The van der Waals surface area contributed by atoms with Crippen LogP contribution in [0.25, 0.3) is 0 Å². The largest absolute Gasteiger partial charge is 0.350 e. The first-order chi connectivity index (χ1) is 17.1. The van der Waals surface area contributed by atoms with Gasteiger partial charge in [0.15, 0.2) is 5.17 Å². The molecule has 0 aromatic heterocycles. The van der Waals surface area contributed by atoms with E-state index in [4.69, 9.17) is 28.2 Å². The second-order valence-corrected chi connectivity index (χ2v) is 11.8. The monoisotopic (exact) mass is 542 g/mol. The summed E-state index contributed by atoms with van der Waals surface area (Å²) in [6, 6.07) is 15.3. The molecule has 0 spiro atoms. The number of amides is 2. The molecule has 1 saturated heterocycles. The highest BCUT2D eigenvalue weighted by atomic mass is 35.5. The van der Waals surface area contributed by atoms with E-state index in [1.165, 1.54) is 11.8 Å². The zero-order chi connectivity index (χ0) is 25.8. The molecule has 3 aliphatic rings. The van der Waals surface area contributed by atoms with Crippen LogP contribution < -0.4 is 5.32 Å². The van der Waals surface area contributed by atoms with E-state index in [1.54, 1.807) is 4.90 Å². The molecule has 0 radical (unpaired) electrons. The maximum atomic E-state index is 13.7. The van der Waals surface area contributed by atoms with E-state index >= 15 is 0 Å². The fraction of sp³-hybridized carbons (Fsp3) is 0.370. The minimum atomic E-state index is -0.616. The molecule has 3 atom stereocenters. The van der Waals surface area contributed by atoms with Gasteiger partial charge in [-0.3, -0.25) is 9.59 Å². The number of benzene rings is 2. The zero-order valence-electron chi connectivity index (χ0n) is 20.6. The summed E-state index contributed by atoms with van der Waals surface area (Å²) in [6.45, 7) is 8.76. The van der Waals surface area contributed by atoms with E-state index in [1.807, 2.05) is 55.5 Å². The van der Waals surface area contributed by atoms with Crippen LogP contribution in [0.15, 0.2) is 64.1 Å². The predicted octanol–water partition coefficient (Wildman–Crippen LogP) is 5.58. The standard InChI is InChI=1S/C27H28Cl2N4O2S/c1-15(2)22-23(25(35)32-13-16(3)30-21(34)14-32)36-26-31-27(4,18-7-11-20(29)12-8-18)24(33(22)26)17-5-9-19(28)10-6-17/h5-12,15-16,24H,13-14H2,1-4H3,(H,30,34)/t16-,24+,27-/m0/s1. The van der Waals surface area contributed by atoms with Gasteiger partial charge in [0.25, 0.3) is 5.91 Å². The Morgan fingerprint density at radius 2 is 1.72 bits per heavy atom. The van der Waals surface area contributed by atoms with Crippen LogP contribution in [0.4, 0.5) is 0 Å². The minimum absolute atomic E-state index is 0.0579. The molecule has 6 nitrogen and oxygen atoms in total. The van der Waals surface area contributed by atoms with E-state index < -0.39 is 5.54 Å². The number of nitrogens with zero attached hydrogens (tertiary/aromatic N) is 3. The molecule has 188 valence electrons. The van der Waals surface area contributed by atoms with Crippen molar-refractivity contribution in [2.75, 3.05) is 13.1 Å². The smallest absolute Gasteiger partial charge is 0.263 e. The van der Waals surface area contributed by atoms with Crippen LogP contribution in [0, 0.1) is 5.92 Å². The second kappa shape index (κ2) is 9.43. The molecule has 0 saturated carbocycles. The minimum Gasteiger partial charge on any atom is -0.350 e. The lowest BCUT2D eigenvalue weighted by Gasteiger charge is -2.37. The molecule has 0 bridgehead atoms. The molecule has 1 N–H and O–H groups in total. The van der Waals surface area contributed by atoms with Gasteiger partial charge in [-0.25, -0.2) is 4.99 Å². The fourth-order valence-corrected chi connectivity index (χ4v) is 6.92. The number of hydrogen-bond acceptors (Lipinski definition) is 5. The van der Waals surface area contributed by atoms with E-state index in [0.29, 0.717) is 21.5 Å². The quantitative estimate of drug-likeness (QED) is 0.547. The number of halogens is 2. The molecule has 0 unspecified atom stereocenters. The molecule has 2 aromatic rings. The first-order valence-corrected chi connectivity index (χ1v) is 13.6. The van der Waals surface area contributed by atoms with Crippen molar-refractivity contribution in [3.8, 4) is 0 Å². The van der Waals surface area contributed by atoms with Crippen LogP contribution in [-0.2, 0) is 15.1 Å². The van der Waals surface area contributed by atoms with Crippen molar-refractivity contribution >= 4 is 51.9 Å². The van der Waals surface area contributed by atoms with E-state index in [2.05, 4.69) is 31.0 Å². The zero-order valence-corrected chi connectivity index (χ0v) is 22.9. The first-order valence-electron chi connectivity index (χ1n) is 12.0. The summed E-state index contributed by atoms with van der Waals surface area (Å²) in [5.41, 5.74) is 2.40. The lowest BCUT2D eigenvalue weighted by molar-refractivity contribution is -0.136. The highest BCUT2D eigenvalue weighted by molar-refractivity contribution is 8.18. The van der Waals surface area contributed by atoms with Crippen LogP contribution in [0.3, 0.4) is 0 Å². The summed E-state index contributed by atoms with van der Waals surface area (Å²) in [5, 5.41) is 5.00. The summed E-state index contributed by atoms with van der Waals surface area (Å²) in [4.78, 5) is 35.7.